The molecule has 3 heterocycles. The highest BCUT2D eigenvalue weighted by molar-refractivity contribution is 5.85. The first-order valence-electron chi connectivity index (χ1n) is 10.00. The number of nitrogens with zero attached hydrogens (tertiary/aromatic N) is 3. The zero-order chi connectivity index (χ0) is 19.2. The quantitative estimate of drug-likeness (QED) is 0.797. The summed E-state index contributed by atoms with van der Waals surface area (Å²) in [6.45, 7) is 8.27. The van der Waals surface area contributed by atoms with E-state index < -0.39 is 0 Å². The van der Waals surface area contributed by atoms with Crippen LogP contribution in [0, 0.1) is 11.8 Å². The van der Waals surface area contributed by atoms with E-state index >= 15 is 0 Å². The van der Waals surface area contributed by atoms with E-state index in [4.69, 9.17) is 0 Å². The molecule has 1 aromatic rings. The molecule has 0 saturated carbocycles. The molecule has 0 spiro atoms. The Morgan fingerprint density at radius 1 is 1.36 bits per heavy atom. The summed E-state index contributed by atoms with van der Waals surface area (Å²) < 4.78 is 0. The van der Waals surface area contributed by atoms with Crippen molar-refractivity contribution in [2.45, 2.75) is 32.7 Å². The van der Waals surface area contributed by atoms with Crippen molar-refractivity contribution < 1.29 is 9.59 Å². The molecule has 2 unspecified atom stereocenters. The number of carbonyl (C=O) groups excluding carboxylic acids is 2. The highest BCUT2D eigenvalue weighted by Gasteiger charge is 2.35. The minimum Gasteiger partial charge on any atom is -0.338 e. The van der Waals surface area contributed by atoms with E-state index in [0.717, 1.165) is 38.0 Å². The van der Waals surface area contributed by atoms with Gasteiger partial charge in [-0.2, -0.15) is 0 Å². The molecular formula is C20H32ClN5O2. The molecule has 2 aliphatic rings. The topological polar surface area (TPSA) is 77.6 Å². The van der Waals surface area contributed by atoms with E-state index in [9.17, 15) is 9.59 Å². The van der Waals surface area contributed by atoms with Crippen LogP contribution >= 0.6 is 12.4 Å². The van der Waals surface area contributed by atoms with E-state index in [1.54, 1.807) is 11.1 Å². The lowest BCUT2D eigenvalue weighted by molar-refractivity contribution is -0.140. The van der Waals surface area contributed by atoms with Crippen LogP contribution in [0.3, 0.4) is 0 Å². The second kappa shape index (κ2) is 10.6. The molecule has 2 atom stereocenters. The molecule has 7 nitrogen and oxygen atoms in total. The third kappa shape index (κ3) is 5.58. The van der Waals surface area contributed by atoms with Crippen molar-refractivity contribution in [1.82, 2.24) is 25.4 Å². The van der Waals surface area contributed by atoms with Crippen molar-refractivity contribution in [1.29, 1.82) is 0 Å². The van der Waals surface area contributed by atoms with Gasteiger partial charge in [0.1, 0.15) is 0 Å². The Hall–Kier alpha value is -1.86. The van der Waals surface area contributed by atoms with Gasteiger partial charge in [0.05, 0.1) is 12.0 Å². The summed E-state index contributed by atoms with van der Waals surface area (Å²) in [5, 5.41) is 6.35. The van der Waals surface area contributed by atoms with E-state index in [1.807, 2.05) is 23.2 Å². The Labute approximate surface area is 173 Å². The molecular weight excluding hydrogens is 378 g/mol. The molecule has 2 saturated heterocycles. The maximum atomic E-state index is 13.3. The Morgan fingerprint density at radius 2 is 2.18 bits per heavy atom. The van der Waals surface area contributed by atoms with Gasteiger partial charge in [-0.05, 0) is 30.4 Å². The third-order valence-electron chi connectivity index (χ3n) is 5.32. The van der Waals surface area contributed by atoms with Crippen molar-refractivity contribution >= 4 is 24.3 Å². The minimum absolute atomic E-state index is 0. The number of halogens is 1. The number of amides is 3. The lowest BCUT2D eigenvalue weighted by Gasteiger charge is -2.40. The molecule has 0 aromatic carbocycles. The van der Waals surface area contributed by atoms with Gasteiger partial charge in [0, 0.05) is 51.7 Å². The molecule has 1 aromatic heterocycles. The number of likely N-dealkylation sites (tertiary alicyclic amines) is 1. The number of pyridine rings is 1. The van der Waals surface area contributed by atoms with Gasteiger partial charge in [0.2, 0.25) is 5.91 Å². The molecule has 0 bridgehead atoms. The first-order valence-corrected chi connectivity index (χ1v) is 10.00. The number of piperazine rings is 1. The van der Waals surface area contributed by atoms with Crippen molar-refractivity contribution in [3.05, 3.63) is 30.1 Å². The Balaban J connectivity index is 0.00000280. The largest absolute Gasteiger partial charge is 0.338 e. The number of carbonyl (C=O) groups is 2. The van der Waals surface area contributed by atoms with Crippen LogP contribution in [-0.2, 0) is 4.79 Å². The average Bonchev–Trinajstić information content (AvgIpc) is 2.72. The zero-order valence-corrected chi connectivity index (χ0v) is 17.6. The van der Waals surface area contributed by atoms with E-state index in [0.29, 0.717) is 25.6 Å². The maximum Gasteiger partial charge on any atom is 0.317 e. The van der Waals surface area contributed by atoms with Gasteiger partial charge < -0.3 is 20.4 Å². The standard InChI is InChI=1S/C20H31N5O2.ClH/c1-15(2)11-23-20(27)24-9-4-6-17(14-24)19(26)25-10-8-22-13-18(25)16-5-3-7-21-12-16;/h3,5,7,12,15,17-18,22H,4,6,8-11,13-14H2,1-2H3,(H,23,27);1H. The molecule has 0 aliphatic carbocycles. The molecule has 3 rings (SSSR count). The SMILES string of the molecule is CC(C)CNC(=O)N1CCCC(C(=O)N2CCNCC2c2cccnc2)C1.Cl. The summed E-state index contributed by atoms with van der Waals surface area (Å²) in [5.41, 5.74) is 1.06. The van der Waals surface area contributed by atoms with Crippen LogP contribution < -0.4 is 10.6 Å². The fourth-order valence-electron chi connectivity index (χ4n) is 3.84. The van der Waals surface area contributed by atoms with Crippen LogP contribution in [0.25, 0.3) is 0 Å². The van der Waals surface area contributed by atoms with E-state index in [1.165, 1.54) is 0 Å². The van der Waals surface area contributed by atoms with Crippen LogP contribution in [0.1, 0.15) is 38.3 Å². The Bertz CT molecular complexity index is 643. The first kappa shape index (κ1) is 22.4. The molecule has 2 N–H and O–H groups in total. The molecule has 3 amide bonds. The summed E-state index contributed by atoms with van der Waals surface area (Å²) in [6, 6.07) is 3.89. The fourth-order valence-corrected chi connectivity index (χ4v) is 3.84. The van der Waals surface area contributed by atoms with Gasteiger partial charge in [-0.15, -0.1) is 12.4 Å². The van der Waals surface area contributed by atoms with E-state index in [2.05, 4.69) is 29.5 Å². The van der Waals surface area contributed by atoms with Crippen molar-refractivity contribution in [3.8, 4) is 0 Å². The third-order valence-corrected chi connectivity index (χ3v) is 5.32. The number of hydrogen-bond acceptors (Lipinski definition) is 4. The fraction of sp³-hybridized carbons (Fsp3) is 0.650. The molecule has 8 heteroatoms. The summed E-state index contributed by atoms with van der Waals surface area (Å²) in [4.78, 5) is 33.7. The van der Waals surface area contributed by atoms with Gasteiger partial charge in [0.15, 0.2) is 0 Å². The zero-order valence-electron chi connectivity index (χ0n) is 16.8. The van der Waals surface area contributed by atoms with Crippen LogP contribution in [0.4, 0.5) is 4.79 Å². The maximum absolute atomic E-state index is 13.3. The summed E-state index contributed by atoms with van der Waals surface area (Å²) in [7, 11) is 0. The lowest BCUT2D eigenvalue weighted by Crippen LogP contribution is -2.54. The number of hydrogen-bond donors (Lipinski definition) is 2. The molecule has 156 valence electrons. The highest BCUT2D eigenvalue weighted by Crippen LogP contribution is 2.26. The molecule has 2 aliphatic heterocycles. The van der Waals surface area contributed by atoms with Crippen molar-refractivity contribution in [3.63, 3.8) is 0 Å². The van der Waals surface area contributed by atoms with Crippen LogP contribution in [0.15, 0.2) is 24.5 Å². The number of nitrogens with one attached hydrogen (secondary N) is 2. The number of piperidine rings is 1. The number of urea groups is 1. The molecule has 0 radical (unpaired) electrons. The van der Waals surface area contributed by atoms with Crippen LogP contribution in [0.2, 0.25) is 0 Å². The Kier molecular flexibility index (Phi) is 8.51. The predicted octanol–water partition coefficient (Wildman–Crippen LogP) is 2.05. The average molecular weight is 410 g/mol. The molecule has 2 fully saturated rings. The minimum atomic E-state index is -0.124. The van der Waals surface area contributed by atoms with E-state index in [-0.39, 0.29) is 36.3 Å². The normalized spacial score (nSPS) is 22.5. The van der Waals surface area contributed by atoms with Gasteiger partial charge in [-0.25, -0.2) is 4.79 Å². The predicted molar refractivity (Wildman–Crippen MR) is 111 cm³/mol. The van der Waals surface area contributed by atoms with Crippen LogP contribution in [-0.4, -0.2) is 66.0 Å². The monoisotopic (exact) mass is 409 g/mol. The summed E-state index contributed by atoms with van der Waals surface area (Å²) in [6.07, 6.45) is 5.30. The number of rotatable bonds is 4. The lowest BCUT2D eigenvalue weighted by atomic mass is 9.94. The van der Waals surface area contributed by atoms with Crippen molar-refractivity contribution in [2.24, 2.45) is 11.8 Å². The first-order chi connectivity index (χ1) is 13.1. The Morgan fingerprint density at radius 3 is 2.89 bits per heavy atom. The van der Waals surface area contributed by atoms with Crippen molar-refractivity contribution in [2.75, 3.05) is 39.3 Å². The van der Waals surface area contributed by atoms with Gasteiger partial charge in [-0.1, -0.05) is 19.9 Å². The van der Waals surface area contributed by atoms with Gasteiger partial charge >= 0.3 is 6.03 Å². The van der Waals surface area contributed by atoms with Crippen LogP contribution in [0.5, 0.6) is 0 Å². The van der Waals surface area contributed by atoms with Gasteiger partial charge in [-0.3, -0.25) is 9.78 Å². The second-order valence-corrected chi connectivity index (χ2v) is 7.90. The smallest absolute Gasteiger partial charge is 0.317 e. The number of aromatic nitrogens is 1. The summed E-state index contributed by atoms with van der Waals surface area (Å²) >= 11 is 0. The second-order valence-electron chi connectivity index (χ2n) is 7.90. The summed E-state index contributed by atoms with van der Waals surface area (Å²) in [5.74, 6) is 0.449. The van der Waals surface area contributed by atoms with Gasteiger partial charge in [0.25, 0.3) is 0 Å². The molecule has 28 heavy (non-hydrogen) atoms. The highest BCUT2D eigenvalue weighted by atomic mass is 35.5.